The van der Waals surface area contributed by atoms with Gasteiger partial charge in [-0.15, -0.1) is 0 Å². The first kappa shape index (κ1) is 19.5. The Balaban J connectivity index is 1.71. The molecule has 0 aliphatic carbocycles. The molecule has 1 unspecified atom stereocenters. The molecule has 1 atom stereocenters. The van der Waals surface area contributed by atoms with Gasteiger partial charge < -0.3 is 4.74 Å². The average molecular weight is 354 g/mol. The Labute approximate surface area is 154 Å². The fourth-order valence-corrected chi connectivity index (χ4v) is 2.49. The molecule has 2 amide bonds. The topological polar surface area (TPSA) is 67.4 Å². The fraction of sp³-hybridized carbons (Fsp3) is 0.333. The third-order valence-electron chi connectivity index (χ3n) is 4.27. The van der Waals surface area contributed by atoms with Gasteiger partial charge in [-0.05, 0) is 56.4 Å². The number of amides is 2. The Bertz CT molecular complexity index is 744. The predicted octanol–water partition coefficient (Wildman–Crippen LogP) is 3.24. The quantitative estimate of drug-likeness (QED) is 0.750. The lowest BCUT2D eigenvalue weighted by Crippen LogP contribution is -2.47. The van der Waals surface area contributed by atoms with Crippen LogP contribution in [0.4, 0.5) is 0 Å². The first-order valence-corrected chi connectivity index (χ1v) is 8.83. The van der Waals surface area contributed by atoms with Crippen molar-refractivity contribution in [3.63, 3.8) is 0 Å². The molecule has 26 heavy (non-hydrogen) atoms. The second kappa shape index (κ2) is 9.61. The number of carbonyl (C=O) groups excluding carboxylic acids is 2. The van der Waals surface area contributed by atoms with Crippen LogP contribution >= 0.6 is 0 Å². The Morgan fingerprint density at radius 3 is 2.46 bits per heavy atom. The van der Waals surface area contributed by atoms with E-state index >= 15 is 0 Å². The van der Waals surface area contributed by atoms with E-state index in [0.717, 1.165) is 24.0 Å². The summed E-state index contributed by atoms with van der Waals surface area (Å²) in [7, 11) is 0. The summed E-state index contributed by atoms with van der Waals surface area (Å²) in [6.45, 7) is 5.59. The molecule has 0 aromatic heterocycles. The van der Waals surface area contributed by atoms with Gasteiger partial charge in [0.05, 0.1) is 0 Å². The third kappa shape index (κ3) is 5.92. The first-order chi connectivity index (χ1) is 12.5. The van der Waals surface area contributed by atoms with E-state index in [2.05, 4.69) is 10.9 Å². The van der Waals surface area contributed by atoms with E-state index in [1.54, 1.807) is 6.92 Å². The van der Waals surface area contributed by atoms with E-state index < -0.39 is 6.10 Å². The largest absolute Gasteiger partial charge is 0.481 e. The third-order valence-corrected chi connectivity index (χ3v) is 4.27. The van der Waals surface area contributed by atoms with Gasteiger partial charge in [-0.3, -0.25) is 20.4 Å². The molecule has 2 aromatic carbocycles. The van der Waals surface area contributed by atoms with E-state index in [1.165, 1.54) is 5.56 Å². The van der Waals surface area contributed by atoms with E-state index in [1.807, 2.05) is 62.4 Å². The number of nitrogens with one attached hydrogen (secondary N) is 2. The maximum Gasteiger partial charge on any atom is 0.279 e. The van der Waals surface area contributed by atoms with Gasteiger partial charge in [0, 0.05) is 6.42 Å². The van der Waals surface area contributed by atoms with E-state index in [9.17, 15) is 9.59 Å². The van der Waals surface area contributed by atoms with Gasteiger partial charge >= 0.3 is 0 Å². The number of benzene rings is 2. The molecule has 2 aromatic rings. The fourth-order valence-electron chi connectivity index (χ4n) is 2.49. The van der Waals surface area contributed by atoms with Gasteiger partial charge in [0.15, 0.2) is 6.10 Å². The number of hydrogen-bond donors (Lipinski definition) is 2. The van der Waals surface area contributed by atoms with Crippen LogP contribution < -0.4 is 15.6 Å². The van der Waals surface area contributed by atoms with Crippen molar-refractivity contribution in [1.82, 2.24) is 10.9 Å². The monoisotopic (exact) mass is 354 g/mol. The second-order valence-electron chi connectivity index (χ2n) is 6.33. The Morgan fingerprint density at radius 2 is 1.73 bits per heavy atom. The van der Waals surface area contributed by atoms with Gasteiger partial charge in [0.1, 0.15) is 5.75 Å². The van der Waals surface area contributed by atoms with Gasteiger partial charge in [-0.2, -0.15) is 0 Å². The highest BCUT2D eigenvalue weighted by molar-refractivity contribution is 5.84. The highest BCUT2D eigenvalue weighted by atomic mass is 16.5. The molecular weight excluding hydrogens is 328 g/mol. The lowest BCUT2D eigenvalue weighted by Gasteiger charge is -2.17. The summed E-state index contributed by atoms with van der Waals surface area (Å²) in [6, 6.07) is 15.7. The zero-order valence-corrected chi connectivity index (χ0v) is 15.5. The summed E-state index contributed by atoms with van der Waals surface area (Å²) >= 11 is 0. The molecule has 138 valence electrons. The summed E-state index contributed by atoms with van der Waals surface area (Å²) in [4.78, 5) is 23.9. The molecule has 0 heterocycles. The normalized spacial score (nSPS) is 11.5. The number of aryl methyl sites for hydroxylation is 2. The Kier molecular flexibility index (Phi) is 7.21. The number of carbonyl (C=O) groups is 2. The van der Waals surface area contributed by atoms with Crippen molar-refractivity contribution in [2.75, 3.05) is 0 Å². The van der Waals surface area contributed by atoms with Crippen LogP contribution in [0.1, 0.15) is 36.5 Å². The minimum Gasteiger partial charge on any atom is -0.481 e. The van der Waals surface area contributed by atoms with E-state index in [-0.39, 0.29) is 11.8 Å². The zero-order valence-electron chi connectivity index (χ0n) is 15.5. The lowest BCUT2D eigenvalue weighted by molar-refractivity contribution is -0.132. The predicted molar refractivity (Wildman–Crippen MR) is 102 cm³/mol. The van der Waals surface area contributed by atoms with E-state index in [0.29, 0.717) is 12.2 Å². The van der Waals surface area contributed by atoms with Gasteiger partial charge in [-0.1, -0.05) is 42.5 Å². The summed E-state index contributed by atoms with van der Waals surface area (Å²) in [6.07, 6.45) is 1.19. The van der Waals surface area contributed by atoms with Crippen LogP contribution in [-0.4, -0.2) is 17.9 Å². The van der Waals surface area contributed by atoms with Gasteiger partial charge in [-0.25, -0.2) is 0 Å². The highest BCUT2D eigenvalue weighted by Gasteiger charge is 2.16. The summed E-state index contributed by atoms with van der Waals surface area (Å²) in [5.41, 5.74) is 8.16. The molecule has 0 bridgehead atoms. The molecule has 0 saturated carbocycles. The number of ether oxygens (including phenoxy) is 1. The Morgan fingerprint density at radius 1 is 1.00 bits per heavy atom. The minimum atomic E-state index is -0.708. The number of hydrazine groups is 1. The van der Waals surface area contributed by atoms with Crippen molar-refractivity contribution >= 4 is 11.8 Å². The number of rotatable bonds is 7. The lowest BCUT2D eigenvalue weighted by atomic mass is 10.1. The molecule has 0 radical (unpaired) electrons. The van der Waals surface area contributed by atoms with Crippen molar-refractivity contribution in [1.29, 1.82) is 0 Å². The summed E-state index contributed by atoms with van der Waals surface area (Å²) in [5, 5.41) is 0. The van der Waals surface area contributed by atoms with Crippen LogP contribution in [0.3, 0.4) is 0 Å². The summed E-state index contributed by atoms with van der Waals surface area (Å²) < 4.78 is 5.70. The van der Waals surface area contributed by atoms with Crippen LogP contribution in [0.2, 0.25) is 0 Å². The highest BCUT2D eigenvalue weighted by Crippen LogP contribution is 2.21. The molecule has 0 spiro atoms. The molecule has 0 saturated heterocycles. The standard InChI is InChI=1S/C21H26N2O3/c1-15-9-7-13-19(16(15)2)26-17(3)21(25)23-22-20(24)14-8-12-18-10-5-4-6-11-18/h4-7,9-11,13,17H,8,12,14H2,1-3H3,(H,22,24)(H,23,25). The zero-order chi connectivity index (χ0) is 18.9. The van der Waals surface area contributed by atoms with Crippen LogP contribution in [0.15, 0.2) is 48.5 Å². The van der Waals surface area contributed by atoms with Crippen molar-refractivity contribution in [2.24, 2.45) is 0 Å². The maximum absolute atomic E-state index is 12.1. The molecule has 2 N–H and O–H groups in total. The molecule has 0 fully saturated rings. The number of hydrogen-bond acceptors (Lipinski definition) is 3. The van der Waals surface area contributed by atoms with E-state index in [4.69, 9.17) is 4.74 Å². The second-order valence-corrected chi connectivity index (χ2v) is 6.33. The van der Waals surface area contributed by atoms with Crippen LogP contribution in [0, 0.1) is 13.8 Å². The molecule has 2 rings (SSSR count). The first-order valence-electron chi connectivity index (χ1n) is 8.83. The van der Waals surface area contributed by atoms with Crippen molar-refractivity contribution in [2.45, 2.75) is 46.1 Å². The summed E-state index contributed by atoms with van der Waals surface area (Å²) in [5.74, 6) is 0.0670. The Hall–Kier alpha value is -2.82. The molecular formula is C21H26N2O3. The van der Waals surface area contributed by atoms with Crippen LogP contribution in [0.5, 0.6) is 5.75 Å². The van der Waals surface area contributed by atoms with Crippen LogP contribution in [0.25, 0.3) is 0 Å². The average Bonchev–Trinajstić information content (AvgIpc) is 2.64. The molecule has 0 aliphatic heterocycles. The van der Waals surface area contributed by atoms with Crippen molar-refractivity contribution < 1.29 is 14.3 Å². The van der Waals surface area contributed by atoms with Crippen molar-refractivity contribution in [3.8, 4) is 5.75 Å². The SMILES string of the molecule is Cc1cccc(OC(C)C(=O)NNC(=O)CCCc2ccccc2)c1C. The van der Waals surface area contributed by atoms with Crippen LogP contribution in [-0.2, 0) is 16.0 Å². The minimum absolute atomic E-state index is 0.215. The maximum atomic E-state index is 12.1. The molecule has 5 heteroatoms. The molecule has 0 aliphatic rings. The van der Waals surface area contributed by atoms with Gasteiger partial charge in [0.25, 0.3) is 5.91 Å². The van der Waals surface area contributed by atoms with Gasteiger partial charge in [0.2, 0.25) is 5.91 Å². The molecule has 5 nitrogen and oxygen atoms in total. The van der Waals surface area contributed by atoms with Crippen molar-refractivity contribution in [3.05, 3.63) is 65.2 Å². The smallest absolute Gasteiger partial charge is 0.279 e.